The number of isocyanates is 1. The third kappa shape index (κ3) is 11.1. The molecular formula is C29H43N3O8. The number of para-hydroxylation sites is 2. The van der Waals surface area contributed by atoms with E-state index in [2.05, 4.69) is 10.3 Å². The first kappa shape index (κ1) is 32.9. The number of benzene rings is 1. The maximum Gasteiger partial charge on any atom is 0.326 e. The van der Waals surface area contributed by atoms with Gasteiger partial charge in [-0.1, -0.05) is 18.6 Å². The number of unbranched alkanes of at least 4 members (excludes halogenated alkanes) is 1. The van der Waals surface area contributed by atoms with Crippen LogP contribution in [0.25, 0.3) is 0 Å². The van der Waals surface area contributed by atoms with Crippen molar-refractivity contribution >= 4 is 29.6 Å². The van der Waals surface area contributed by atoms with Crippen molar-refractivity contribution in [3.8, 4) is 5.75 Å². The van der Waals surface area contributed by atoms with Gasteiger partial charge in [-0.3, -0.25) is 24.6 Å². The molecule has 0 spiro atoms. The van der Waals surface area contributed by atoms with Gasteiger partial charge in [0.15, 0.2) is 6.23 Å². The van der Waals surface area contributed by atoms with E-state index in [0.717, 1.165) is 0 Å². The molecule has 1 N–H and O–H groups in total. The van der Waals surface area contributed by atoms with Gasteiger partial charge in [-0.2, -0.15) is 4.99 Å². The highest BCUT2D eigenvalue weighted by molar-refractivity contribution is 6.02. The molecule has 1 unspecified atom stereocenters. The summed E-state index contributed by atoms with van der Waals surface area (Å²) in [4.78, 5) is 55.1. The Balaban J connectivity index is 2.16. The Hall–Kier alpha value is -3.27. The molecule has 2 rings (SSSR count). The van der Waals surface area contributed by atoms with E-state index in [1.54, 1.807) is 58.0 Å². The number of rotatable bonds is 13. The van der Waals surface area contributed by atoms with Gasteiger partial charge in [0.2, 0.25) is 12.0 Å². The number of carbonyl (C=O) groups is 3. The van der Waals surface area contributed by atoms with Gasteiger partial charge in [-0.05, 0) is 79.9 Å². The highest BCUT2D eigenvalue weighted by Gasteiger charge is 2.36. The monoisotopic (exact) mass is 561 g/mol. The minimum absolute atomic E-state index is 0.0495. The van der Waals surface area contributed by atoms with Gasteiger partial charge in [-0.25, -0.2) is 4.79 Å². The number of carbonyl (C=O) groups excluding carboxylic acids is 4. The molecule has 11 heteroatoms. The van der Waals surface area contributed by atoms with Crippen molar-refractivity contribution in [3.05, 3.63) is 24.3 Å². The van der Waals surface area contributed by atoms with Crippen LogP contribution < -0.4 is 15.0 Å². The van der Waals surface area contributed by atoms with Crippen molar-refractivity contribution in [2.24, 2.45) is 4.99 Å². The van der Waals surface area contributed by atoms with Crippen LogP contribution in [0.2, 0.25) is 0 Å². The Morgan fingerprint density at radius 1 is 1.12 bits per heavy atom. The SMILES string of the molecule is CCOC(=O)[C@H](CCCCC(N=C=O)OC(C)(C)C)N[C@H]1COc2ccccc2N(CC(=O)OC(C)(C)C)C1=O. The van der Waals surface area contributed by atoms with Crippen molar-refractivity contribution in [1.82, 2.24) is 5.32 Å². The van der Waals surface area contributed by atoms with Crippen molar-refractivity contribution in [2.45, 2.75) is 104 Å². The molecule has 1 aromatic rings. The van der Waals surface area contributed by atoms with E-state index in [-0.39, 0.29) is 19.8 Å². The van der Waals surface area contributed by atoms with Crippen LogP contribution in [0, 0.1) is 0 Å². The lowest BCUT2D eigenvalue weighted by atomic mass is 10.1. The van der Waals surface area contributed by atoms with Gasteiger partial charge in [0.1, 0.15) is 36.6 Å². The number of nitrogens with one attached hydrogen (secondary N) is 1. The van der Waals surface area contributed by atoms with Gasteiger partial charge in [0.05, 0.1) is 17.9 Å². The predicted octanol–water partition coefficient (Wildman–Crippen LogP) is 3.68. The molecule has 11 nitrogen and oxygen atoms in total. The van der Waals surface area contributed by atoms with Crippen molar-refractivity contribution in [1.29, 1.82) is 0 Å². The molecule has 1 aromatic carbocycles. The zero-order valence-electron chi connectivity index (χ0n) is 24.7. The fourth-order valence-corrected chi connectivity index (χ4v) is 4.18. The molecule has 0 radical (unpaired) electrons. The summed E-state index contributed by atoms with van der Waals surface area (Å²) in [7, 11) is 0. The first-order valence-corrected chi connectivity index (χ1v) is 13.7. The van der Waals surface area contributed by atoms with Crippen molar-refractivity contribution in [3.63, 3.8) is 0 Å². The fraction of sp³-hybridized carbons (Fsp3) is 0.655. The Morgan fingerprint density at radius 2 is 1.80 bits per heavy atom. The van der Waals surface area contributed by atoms with Gasteiger partial charge < -0.3 is 18.9 Å². The standard InChI is InChI=1S/C29H43N3O8/c1-8-37-27(36)20(13-9-12-16-24(30-19-33)39-28(2,3)4)31-21-18-38-23-15-11-10-14-22(23)32(26(21)35)17-25(34)40-29(5,6)7/h10-11,14-15,20-21,24,31H,8-9,12-13,16-18H2,1-7H3/t20-,21-,24?/m0/s1. The number of amides is 1. The van der Waals surface area contributed by atoms with Crippen LogP contribution in [-0.4, -0.2) is 73.2 Å². The lowest BCUT2D eigenvalue weighted by Crippen LogP contribution is -2.55. The lowest BCUT2D eigenvalue weighted by molar-refractivity contribution is -0.154. The summed E-state index contributed by atoms with van der Waals surface area (Å²) in [5.74, 6) is -1.05. The van der Waals surface area contributed by atoms with Gasteiger partial charge in [-0.15, -0.1) is 0 Å². The third-order valence-corrected chi connectivity index (χ3v) is 5.69. The van der Waals surface area contributed by atoms with Crippen molar-refractivity contribution < 1.29 is 38.1 Å². The Labute approximate surface area is 236 Å². The largest absolute Gasteiger partial charge is 0.489 e. The fourth-order valence-electron chi connectivity index (χ4n) is 4.18. The van der Waals surface area contributed by atoms with E-state index < -0.39 is 47.4 Å². The molecule has 0 saturated carbocycles. The minimum Gasteiger partial charge on any atom is -0.489 e. The predicted molar refractivity (Wildman–Crippen MR) is 149 cm³/mol. The minimum atomic E-state index is -0.930. The first-order chi connectivity index (χ1) is 18.7. The number of aliphatic imine (C=N–C) groups is 1. The van der Waals surface area contributed by atoms with E-state index in [9.17, 15) is 19.2 Å². The summed E-state index contributed by atoms with van der Waals surface area (Å²) in [6.07, 6.45) is 2.91. The molecule has 0 aliphatic carbocycles. The summed E-state index contributed by atoms with van der Waals surface area (Å²) in [5.41, 5.74) is -0.762. The summed E-state index contributed by atoms with van der Waals surface area (Å²) in [6.45, 7) is 12.4. The Morgan fingerprint density at radius 3 is 2.42 bits per heavy atom. The Kier molecular flexibility index (Phi) is 12.3. The highest BCUT2D eigenvalue weighted by Crippen LogP contribution is 2.31. The zero-order chi connectivity index (χ0) is 29.9. The van der Waals surface area contributed by atoms with Gasteiger partial charge >= 0.3 is 11.9 Å². The molecule has 1 aliphatic heterocycles. The normalized spacial score (nSPS) is 17.0. The number of esters is 2. The maximum absolute atomic E-state index is 13.7. The molecule has 1 amide bonds. The first-order valence-electron chi connectivity index (χ1n) is 13.7. The van der Waals surface area contributed by atoms with Crippen LogP contribution in [-0.2, 0) is 33.4 Å². The second-order valence-corrected chi connectivity index (χ2v) is 11.5. The van der Waals surface area contributed by atoms with E-state index in [1.807, 2.05) is 20.8 Å². The summed E-state index contributed by atoms with van der Waals surface area (Å²) in [5, 5.41) is 3.11. The maximum atomic E-state index is 13.7. The van der Waals surface area contributed by atoms with Gasteiger partial charge in [0.25, 0.3) is 0 Å². The van der Waals surface area contributed by atoms with E-state index >= 15 is 0 Å². The zero-order valence-corrected chi connectivity index (χ0v) is 24.7. The quantitative estimate of drug-likeness (QED) is 0.166. The lowest BCUT2D eigenvalue weighted by Gasteiger charge is -2.28. The number of fused-ring (bicyclic) bond motifs is 1. The molecule has 0 fully saturated rings. The molecule has 0 saturated heterocycles. The van der Waals surface area contributed by atoms with Crippen LogP contribution >= 0.6 is 0 Å². The molecule has 1 heterocycles. The number of nitrogens with zero attached hydrogens (tertiary/aromatic N) is 2. The van der Waals surface area contributed by atoms with Crippen LogP contribution in [0.1, 0.15) is 74.1 Å². The van der Waals surface area contributed by atoms with E-state index in [0.29, 0.717) is 37.1 Å². The average Bonchev–Trinajstić information content (AvgIpc) is 2.96. The number of hydrogen-bond donors (Lipinski definition) is 1. The smallest absolute Gasteiger partial charge is 0.326 e. The van der Waals surface area contributed by atoms with Gasteiger partial charge in [0, 0.05) is 0 Å². The number of ether oxygens (including phenoxy) is 4. The summed E-state index contributed by atoms with van der Waals surface area (Å²) in [6, 6.07) is 5.20. The second-order valence-electron chi connectivity index (χ2n) is 11.5. The van der Waals surface area contributed by atoms with Crippen LogP contribution in [0.3, 0.4) is 0 Å². The van der Waals surface area contributed by atoms with Crippen molar-refractivity contribution in [2.75, 3.05) is 24.7 Å². The molecule has 3 atom stereocenters. The molecule has 222 valence electrons. The van der Waals surface area contributed by atoms with E-state index in [4.69, 9.17) is 18.9 Å². The number of anilines is 1. The average molecular weight is 562 g/mol. The van der Waals surface area contributed by atoms with Crippen LogP contribution in [0.5, 0.6) is 5.75 Å². The molecule has 0 bridgehead atoms. The molecular weight excluding hydrogens is 518 g/mol. The van der Waals surface area contributed by atoms with Crippen LogP contribution in [0.15, 0.2) is 29.3 Å². The molecule has 40 heavy (non-hydrogen) atoms. The van der Waals surface area contributed by atoms with Crippen LogP contribution in [0.4, 0.5) is 5.69 Å². The second kappa shape index (κ2) is 14.9. The summed E-state index contributed by atoms with van der Waals surface area (Å²) >= 11 is 0. The summed E-state index contributed by atoms with van der Waals surface area (Å²) < 4.78 is 22.4. The molecule has 0 aromatic heterocycles. The Bertz CT molecular complexity index is 1060. The topological polar surface area (TPSA) is 133 Å². The molecule has 1 aliphatic rings. The van der Waals surface area contributed by atoms with E-state index in [1.165, 1.54) is 4.90 Å². The highest BCUT2D eigenvalue weighted by atomic mass is 16.6. The number of hydrogen-bond acceptors (Lipinski definition) is 10. The third-order valence-electron chi connectivity index (χ3n) is 5.69.